The maximum absolute atomic E-state index is 6.54. The second kappa shape index (κ2) is 6.65. The molecule has 0 heterocycles. The van der Waals surface area contributed by atoms with Gasteiger partial charge in [-0.15, -0.1) is 0 Å². The molecule has 20 heavy (non-hydrogen) atoms. The van der Waals surface area contributed by atoms with E-state index in [-0.39, 0.29) is 11.6 Å². The summed E-state index contributed by atoms with van der Waals surface area (Å²) in [4.78, 5) is 0. The van der Waals surface area contributed by atoms with Gasteiger partial charge in [0.25, 0.3) is 0 Å². The SMILES string of the molecule is CCOC1(C(N)c2cccc(Cl)c2Cl)CCC(C)CC1. The van der Waals surface area contributed by atoms with Crippen molar-refractivity contribution in [2.24, 2.45) is 11.7 Å². The molecule has 4 heteroatoms. The third-order valence-electron chi connectivity index (χ3n) is 4.44. The van der Waals surface area contributed by atoms with Crippen LogP contribution in [0.5, 0.6) is 0 Å². The van der Waals surface area contributed by atoms with Crippen LogP contribution in [0, 0.1) is 5.92 Å². The van der Waals surface area contributed by atoms with Crippen LogP contribution in [0.25, 0.3) is 0 Å². The molecule has 1 aromatic rings. The average molecular weight is 316 g/mol. The maximum atomic E-state index is 6.54. The van der Waals surface area contributed by atoms with Crippen LogP contribution in [0.4, 0.5) is 0 Å². The minimum Gasteiger partial charge on any atom is -0.373 e. The Hall–Kier alpha value is -0.280. The Bertz CT molecular complexity index is 456. The van der Waals surface area contributed by atoms with Gasteiger partial charge < -0.3 is 10.5 Å². The molecule has 1 saturated carbocycles. The lowest BCUT2D eigenvalue weighted by atomic mass is 9.73. The lowest BCUT2D eigenvalue weighted by molar-refractivity contribution is -0.0896. The predicted molar refractivity (Wildman–Crippen MR) is 85.4 cm³/mol. The molecule has 1 aliphatic carbocycles. The summed E-state index contributed by atoms with van der Waals surface area (Å²) in [6, 6.07) is 5.41. The Kier molecular flexibility index (Phi) is 5.36. The van der Waals surface area contributed by atoms with E-state index in [1.807, 2.05) is 19.1 Å². The molecule has 1 aromatic carbocycles. The van der Waals surface area contributed by atoms with Gasteiger partial charge in [-0.3, -0.25) is 0 Å². The molecule has 0 radical (unpaired) electrons. The first-order valence-electron chi connectivity index (χ1n) is 7.33. The highest BCUT2D eigenvalue weighted by Crippen LogP contribution is 2.44. The van der Waals surface area contributed by atoms with Crippen LogP contribution >= 0.6 is 23.2 Å². The molecule has 2 N–H and O–H groups in total. The van der Waals surface area contributed by atoms with Gasteiger partial charge in [-0.1, -0.05) is 42.3 Å². The van der Waals surface area contributed by atoms with E-state index in [1.165, 1.54) is 0 Å². The van der Waals surface area contributed by atoms with E-state index in [9.17, 15) is 0 Å². The summed E-state index contributed by atoms with van der Waals surface area (Å²) in [5, 5.41) is 1.11. The number of nitrogens with two attached hydrogens (primary N) is 1. The molecule has 0 aromatic heterocycles. The summed E-state index contributed by atoms with van der Waals surface area (Å²) in [6.45, 7) is 4.97. The fourth-order valence-corrected chi connectivity index (χ4v) is 3.55. The standard InChI is InChI=1S/C16H23Cl2NO/c1-3-20-16(9-7-11(2)8-10-16)15(19)12-5-4-6-13(17)14(12)18/h4-6,11,15H,3,7-10,19H2,1-2H3. The minimum atomic E-state index is -0.310. The van der Waals surface area contributed by atoms with Crippen molar-refractivity contribution in [1.29, 1.82) is 0 Å². The first-order chi connectivity index (χ1) is 9.50. The lowest BCUT2D eigenvalue weighted by Crippen LogP contribution is -2.46. The zero-order chi connectivity index (χ0) is 14.8. The fourth-order valence-electron chi connectivity index (χ4n) is 3.13. The minimum absolute atomic E-state index is 0.235. The summed E-state index contributed by atoms with van der Waals surface area (Å²) in [6.07, 6.45) is 4.25. The van der Waals surface area contributed by atoms with Crippen LogP contribution in [-0.4, -0.2) is 12.2 Å². The molecular formula is C16H23Cl2NO. The van der Waals surface area contributed by atoms with Gasteiger partial charge in [0.2, 0.25) is 0 Å². The van der Waals surface area contributed by atoms with E-state index in [4.69, 9.17) is 33.7 Å². The van der Waals surface area contributed by atoms with Crippen LogP contribution < -0.4 is 5.73 Å². The Balaban J connectivity index is 2.31. The highest BCUT2D eigenvalue weighted by molar-refractivity contribution is 6.42. The summed E-state index contributed by atoms with van der Waals surface area (Å²) in [5.41, 5.74) is 7.12. The molecular weight excluding hydrogens is 293 g/mol. The average Bonchev–Trinajstić information content (AvgIpc) is 2.44. The van der Waals surface area contributed by atoms with Crippen molar-refractivity contribution in [1.82, 2.24) is 0 Å². The van der Waals surface area contributed by atoms with E-state index < -0.39 is 0 Å². The van der Waals surface area contributed by atoms with Gasteiger partial charge >= 0.3 is 0 Å². The fraction of sp³-hybridized carbons (Fsp3) is 0.625. The molecule has 2 rings (SSSR count). The van der Waals surface area contributed by atoms with Gasteiger partial charge in [0.1, 0.15) is 0 Å². The Morgan fingerprint density at radius 3 is 2.60 bits per heavy atom. The number of hydrogen-bond donors (Lipinski definition) is 1. The highest BCUT2D eigenvalue weighted by Gasteiger charge is 2.41. The molecule has 1 unspecified atom stereocenters. The normalized spacial score (nSPS) is 28.4. The Morgan fingerprint density at radius 2 is 2.00 bits per heavy atom. The second-order valence-corrected chi connectivity index (χ2v) is 6.59. The zero-order valence-electron chi connectivity index (χ0n) is 12.2. The van der Waals surface area contributed by atoms with Crippen molar-refractivity contribution in [2.45, 2.75) is 51.2 Å². The molecule has 0 spiro atoms. The molecule has 0 bridgehead atoms. The number of hydrogen-bond acceptors (Lipinski definition) is 2. The maximum Gasteiger partial charge on any atom is 0.0874 e. The van der Waals surface area contributed by atoms with Crippen LogP contribution in [0.15, 0.2) is 18.2 Å². The van der Waals surface area contributed by atoms with Crippen LogP contribution in [-0.2, 0) is 4.74 Å². The highest BCUT2D eigenvalue weighted by atomic mass is 35.5. The smallest absolute Gasteiger partial charge is 0.0874 e. The number of ether oxygens (including phenoxy) is 1. The van der Waals surface area contributed by atoms with Crippen LogP contribution in [0.1, 0.15) is 51.1 Å². The molecule has 112 valence electrons. The van der Waals surface area contributed by atoms with Crippen LogP contribution in [0.2, 0.25) is 10.0 Å². The summed E-state index contributed by atoms with van der Waals surface area (Å²) < 4.78 is 6.10. The number of benzene rings is 1. The first kappa shape index (κ1) is 16.1. The van der Waals surface area contributed by atoms with Crippen molar-refractivity contribution in [3.63, 3.8) is 0 Å². The molecule has 2 nitrogen and oxygen atoms in total. The molecule has 0 aliphatic heterocycles. The summed E-state index contributed by atoms with van der Waals surface area (Å²) >= 11 is 12.4. The zero-order valence-corrected chi connectivity index (χ0v) is 13.7. The van der Waals surface area contributed by atoms with E-state index in [1.54, 1.807) is 6.07 Å². The third kappa shape index (κ3) is 3.14. The van der Waals surface area contributed by atoms with E-state index in [2.05, 4.69) is 6.92 Å². The van der Waals surface area contributed by atoms with Gasteiger partial charge in [0.15, 0.2) is 0 Å². The van der Waals surface area contributed by atoms with Gasteiger partial charge in [-0.25, -0.2) is 0 Å². The van der Waals surface area contributed by atoms with E-state index >= 15 is 0 Å². The molecule has 1 aliphatic rings. The molecule has 1 fully saturated rings. The molecule has 0 saturated heterocycles. The van der Waals surface area contributed by atoms with Gasteiger partial charge in [-0.2, -0.15) is 0 Å². The first-order valence-corrected chi connectivity index (χ1v) is 8.09. The van der Waals surface area contributed by atoms with Crippen molar-refractivity contribution >= 4 is 23.2 Å². The van der Waals surface area contributed by atoms with Crippen molar-refractivity contribution in [3.05, 3.63) is 33.8 Å². The number of rotatable bonds is 4. The summed E-state index contributed by atoms with van der Waals surface area (Å²) in [7, 11) is 0. The van der Waals surface area contributed by atoms with Gasteiger partial charge in [0, 0.05) is 6.61 Å². The summed E-state index contributed by atoms with van der Waals surface area (Å²) in [5.74, 6) is 0.741. The lowest BCUT2D eigenvalue weighted by Gasteiger charge is -2.43. The number of halogens is 2. The van der Waals surface area contributed by atoms with Crippen molar-refractivity contribution < 1.29 is 4.74 Å². The van der Waals surface area contributed by atoms with E-state index in [0.29, 0.717) is 16.7 Å². The van der Waals surface area contributed by atoms with Crippen molar-refractivity contribution in [2.75, 3.05) is 6.61 Å². The monoisotopic (exact) mass is 315 g/mol. The predicted octanol–water partition coefficient (Wildman–Crippen LogP) is 4.98. The Morgan fingerprint density at radius 1 is 1.35 bits per heavy atom. The quantitative estimate of drug-likeness (QED) is 0.850. The van der Waals surface area contributed by atoms with Gasteiger partial charge in [0.05, 0.1) is 21.7 Å². The third-order valence-corrected chi connectivity index (χ3v) is 5.27. The Labute approximate surface area is 131 Å². The van der Waals surface area contributed by atoms with E-state index in [0.717, 1.165) is 37.2 Å². The van der Waals surface area contributed by atoms with Crippen molar-refractivity contribution in [3.8, 4) is 0 Å². The largest absolute Gasteiger partial charge is 0.373 e. The topological polar surface area (TPSA) is 35.2 Å². The van der Waals surface area contributed by atoms with Gasteiger partial charge in [-0.05, 0) is 50.2 Å². The molecule has 1 atom stereocenters. The van der Waals surface area contributed by atoms with Crippen LogP contribution in [0.3, 0.4) is 0 Å². The molecule has 0 amide bonds. The second-order valence-electron chi connectivity index (χ2n) is 5.80.